The van der Waals surface area contributed by atoms with Gasteiger partial charge < -0.3 is 10.4 Å². The van der Waals surface area contributed by atoms with Crippen LogP contribution >= 0.6 is 15.9 Å². The first-order valence-corrected chi connectivity index (χ1v) is 7.52. The van der Waals surface area contributed by atoms with E-state index in [1.807, 2.05) is 38.1 Å². The molecule has 4 heteroatoms. The molecular weight excluding hydrogens is 318 g/mol. The highest BCUT2D eigenvalue weighted by atomic mass is 79.9. The predicted molar refractivity (Wildman–Crippen MR) is 86.3 cm³/mol. The Labute approximate surface area is 129 Å². The molecular formula is C16H22BrNO2. The SMILES string of the molecule is CC(C)CC(C)(O)CNC(=O)C=Cc1ccc(Br)cc1. The molecule has 0 aliphatic rings. The standard InChI is InChI=1S/C16H22BrNO2/c1-12(2)10-16(3,20)11-18-15(19)9-6-13-4-7-14(17)8-5-13/h4-9,12,20H,10-11H2,1-3H3,(H,18,19). The van der Waals surface area contributed by atoms with Gasteiger partial charge in [0.25, 0.3) is 0 Å². The van der Waals surface area contributed by atoms with E-state index >= 15 is 0 Å². The van der Waals surface area contributed by atoms with Crippen molar-refractivity contribution in [1.29, 1.82) is 0 Å². The first-order chi connectivity index (χ1) is 9.28. The smallest absolute Gasteiger partial charge is 0.244 e. The topological polar surface area (TPSA) is 49.3 Å². The number of amides is 1. The molecule has 1 rings (SSSR count). The normalized spacial score (nSPS) is 14.5. The second-order valence-corrected chi connectivity index (χ2v) is 6.61. The first-order valence-electron chi connectivity index (χ1n) is 6.72. The van der Waals surface area contributed by atoms with E-state index in [0.29, 0.717) is 12.3 Å². The number of carbonyl (C=O) groups excluding carboxylic acids is 1. The lowest BCUT2D eigenvalue weighted by Crippen LogP contribution is -2.40. The molecule has 3 nitrogen and oxygen atoms in total. The summed E-state index contributed by atoms with van der Waals surface area (Å²) in [6, 6.07) is 7.68. The van der Waals surface area contributed by atoms with Crippen LogP contribution in [0.5, 0.6) is 0 Å². The summed E-state index contributed by atoms with van der Waals surface area (Å²) < 4.78 is 1.00. The molecule has 1 unspecified atom stereocenters. The minimum Gasteiger partial charge on any atom is -0.388 e. The van der Waals surface area contributed by atoms with Crippen LogP contribution in [0.2, 0.25) is 0 Å². The molecule has 1 amide bonds. The van der Waals surface area contributed by atoms with Crippen LogP contribution in [0, 0.1) is 5.92 Å². The maximum absolute atomic E-state index is 11.7. The third-order valence-electron chi connectivity index (χ3n) is 2.79. The maximum atomic E-state index is 11.7. The van der Waals surface area contributed by atoms with E-state index in [-0.39, 0.29) is 12.5 Å². The van der Waals surface area contributed by atoms with Gasteiger partial charge in [-0.3, -0.25) is 4.79 Å². The summed E-state index contributed by atoms with van der Waals surface area (Å²) in [7, 11) is 0. The third kappa shape index (κ3) is 6.87. The van der Waals surface area contributed by atoms with Crippen molar-refractivity contribution in [2.45, 2.75) is 32.8 Å². The number of halogens is 1. The first kappa shape index (κ1) is 16.9. The van der Waals surface area contributed by atoms with Crippen LogP contribution in [0.3, 0.4) is 0 Å². The molecule has 0 fully saturated rings. The quantitative estimate of drug-likeness (QED) is 0.780. The van der Waals surface area contributed by atoms with E-state index < -0.39 is 5.60 Å². The summed E-state index contributed by atoms with van der Waals surface area (Å²) >= 11 is 3.36. The van der Waals surface area contributed by atoms with E-state index in [9.17, 15) is 9.90 Å². The highest BCUT2D eigenvalue weighted by Gasteiger charge is 2.21. The molecule has 0 aliphatic heterocycles. The Morgan fingerprint density at radius 3 is 2.55 bits per heavy atom. The average molecular weight is 340 g/mol. The van der Waals surface area contributed by atoms with Crippen molar-refractivity contribution in [3.05, 3.63) is 40.4 Å². The van der Waals surface area contributed by atoms with Gasteiger partial charge in [0.15, 0.2) is 0 Å². The van der Waals surface area contributed by atoms with Crippen LogP contribution in [-0.2, 0) is 4.79 Å². The van der Waals surface area contributed by atoms with Gasteiger partial charge in [0, 0.05) is 17.1 Å². The number of nitrogens with one attached hydrogen (secondary N) is 1. The molecule has 0 radical (unpaired) electrons. The van der Waals surface area contributed by atoms with Gasteiger partial charge in [-0.05, 0) is 43.0 Å². The molecule has 0 spiro atoms. The van der Waals surface area contributed by atoms with Crippen LogP contribution in [0.1, 0.15) is 32.8 Å². The summed E-state index contributed by atoms with van der Waals surface area (Å²) in [5.74, 6) is 0.192. The van der Waals surface area contributed by atoms with Crippen LogP contribution in [0.4, 0.5) is 0 Å². The van der Waals surface area contributed by atoms with Gasteiger partial charge in [-0.15, -0.1) is 0 Å². The van der Waals surface area contributed by atoms with Gasteiger partial charge in [-0.25, -0.2) is 0 Å². The molecule has 2 N–H and O–H groups in total. The van der Waals surface area contributed by atoms with Gasteiger partial charge in [0.05, 0.1) is 5.60 Å². The zero-order valence-corrected chi connectivity index (χ0v) is 13.8. The Balaban J connectivity index is 2.45. The zero-order valence-electron chi connectivity index (χ0n) is 12.2. The Morgan fingerprint density at radius 1 is 1.40 bits per heavy atom. The fourth-order valence-corrected chi connectivity index (χ4v) is 2.30. The predicted octanol–water partition coefficient (Wildman–Crippen LogP) is 3.38. The molecule has 1 aromatic rings. The van der Waals surface area contributed by atoms with E-state index in [0.717, 1.165) is 10.0 Å². The highest BCUT2D eigenvalue weighted by Crippen LogP contribution is 2.15. The Kier molecular flexibility index (Phi) is 6.43. The van der Waals surface area contributed by atoms with Crippen molar-refractivity contribution in [3.8, 4) is 0 Å². The van der Waals surface area contributed by atoms with Crippen molar-refractivity contribution in [3.63, 3.8) is 0 Å². The Bertz CT molecular complexity index is 464. The van der Waals surface area contributed by atoms with E-state index in [1.165, 1.54) is 6.08 Å². The summed E-state index contributed by atoms with van der Waals surface area (Å²) in [6.45, 7) is 6.09. The number of rotatable bonds is 6. The molecule has 0 saturated carbocycles. The van der Waals surface area contributed by atoms with Gasteiger partial charge in [-0.2, -0.15) is 0 Å². The maximum Gasteiger partial charge on any atom is 0.244 e. The van der Waals surface area contributed by atoms with Crippen molar-refractivity contribution in [2.75, 3.05) is 6.54 Å². The zero-order chi connectivity index (χ0) is 15.2. The number of carbonyl (C=O) groups is 1. The van der Waals surface area contributed by atoms with Crippen LogP contribution in [0.25, 0.3) is 6.08 Å². The van der Waals surface area contributed by atoms with Gasteiger partial charge >= 0.3 is 0 Å². The third-order valence-corrected chi connectivity index (χ3v) is 3.32. The molecule has 0 heterocycles. The molecule has 0 aromatic heterocycles. The van der Waals surface area contributed by atoms with E-state index in [2.05, 4.69) is 21.2 Å². The van der Waals surface area contributed by atoms with E-state index in [1.54, 1.807) is 13.0 Å². The molecule has 0 bridgehead atoms. The molecule has 110 valence electrons. The largest absolute Gasteiger partial charge is 0.388 e. The van der Waals surface area contributed by atoms with Crippen LogP contribution in [-0.4, -0.2) is 23.2 Å². The monoisotopic (exact) mass is 339 g/mol. The fourth-order valence-electron chi connectivity index (χ4n) is 2.03. The number of aliphatic hydroxyl groups is 1. The summed E-state index contributed by atoms with van der Waals surface area (Å²) in [5, 5.41) is 12.8. The van der Waals surface area contributed by atoms with Gasteiger partial charge in [0.2, 0.25) is 5.91 Å². The number of benzene rings is 1. The molecule has 20 heavy (non-hydrogen) atoms. The Hall–Kier alpha value is -1.13. The fraction of sp³-hybridized carbons (Fsp3) is 0.438. The van der Waals surface area contributed by atoms with E-state index in [4.69, 9.17) is 0 Å². The average Bonchev–Trinajstić information content (AvgIpc) is 2.34. The van der Waals surface area contributed by atoms with Crippen molar-refractivity contribution in [1.82, 2.24) is 5.32 Å². The number of hydrogen-bond donors (Lipinski definition) is 2. The summed E-state index contributed by atoms with van der Waals surface area (Å²) in [4.78, 5) is 11.7. The molecule has 1 atom stereocenters. The van der Waals surface area contributed by atoms with Crippen molar-refractivity contribution < 1.29 is 9.90 Å². The minimum atomic E-state index is -0.866. The lowest BCUT2D eigenvalue weighted by Gasteiger charge is -2.25. The van der Waals surface area contributed by atoms with Gasteiger partial charge in [-0.1, -0.05) is 41.9 Å². The number of hydrogen-bond acceptors (Lipinski definition) is 2. The second-order valence-electron chi connectivity index (χ2n) is 5.70. The van der Waals surface area contributed by atoms with Crippen LogP contribution in [0.15, 0.2) is 34.8 Å². The van der Waals surface area contributed by atoms with Crippen LogP contribution < -0.4 is 5.32 Å². The van der Waals surface area contributed by atoms with Gasteiger partial charge in [0.1, 0.15) is 0 Å². The summed E-state index contributed by atoms with van der Waals surface area (Å²) in [6.07, 6.45) is 3.89. The lowest BCUT2D eigenvalue weighted by molar-refractivity contribution is -0.117. The second kappa shape index (κ2) is 7.60. The van der Waals surface area contributed by atoms with Crippen molar-refractivity contribution >= 4 is 27.9 Å². The lowest BCUT2D eigenvalue weighted by atomic mass is 9.94. The van der Waals surface area contributed by atoms with Crippen molar-refractivity contribution in [2.24, 2.45) is 5.92 Å². The molecule has 0 saturated heterocycles. The molecule has 1 aromatic carbocycles. The highest BCUT2D eigenvalue weighted by molar-refractivity contribution is 9.10. The minimum absolute atomic E-state index is 0.197. The Morgan fingerprint density at radius 2 is 2.00 bits per heavy atom. The summed E-state index contributed by atoms with van der Waals surface area (Å²) in [5.41, 5.74) is 0.0900. The molecule has 0 aliphatic carbocycles.